The van der Waals surface area contributed by atoms with Crippen LogP contribution in [0.3, 0.4) is 0 Å². The van der Waals surface area contributed by atoms with Crippen LogP contribution in [0.25, 0.3) is 0 Å². The summed E-state index contributed by atoms with van der Waals surface area (Å²) >= 11 is 0. The van der Waals surface area contributed by atoms with Crippen LogP contribution in [-0.2, 0) is 24.3 Å². The number of hydroxylamine groups is 2. The van der Waals surface area contributed by atoms with Crippen molar-refractivity contribution in [3.05, 3.63) is 89.0 Å². The number of hydrogen-bond acceptors (Lipinski definition) is 5. The molecule has 1 aliphatic rings. The van der Waals surface area contributed by atoms with Crippen molar-refractivity contribution in [1.82, 2.24) is 19.5 Å². The number of aromatic carboxylic acids is 1. The maximum absolute atomic E-state index is 13.0. The summed E-state index contributed by atoms with van der Waals surface area (Å²) in [7, 11) is 1.42. The first-order valence-electron chi connectivity index (χ1n) is 10.1. The Bertz CT molecular complexity index is 1140. The van der Waals surface area contributed by atoms with Gasteiger partial charge < -0.3 is 10.0 Å². The Morgan fingerprint density at radius 1 is 1.09 bits per heavy atom. The minimum Gasteiger partial charge on any atom is -0.478 e. The van der Waals surface area contributed by atoms with Gasteiger partial charge >= 0.3 is 12.0 Å². The van der Waals surface area contributed by atoms with Gasteiger partial charge in [-0.15, -0.1) is 0 Å². The minimum atomic E-state index is -0.997. The third-order valence-corrected chi connectivity index (χ3v) is 5.27. The molecule has 0 unspecified atom stereocenters. The van der Waals surface area contributed by atoms with Gasteiger partial charge in [0, 0.05) is 25.7 Å². The Morgan fingerprint density at radius 3 is 2.47 bits per heavy atom. The van der Waals surface area contributed by atoms with E-state index in [1.807, 2.05) is 30.3 Å². The second-order valence-corrected chi connectivity index (χ2v) is 7.38. The quantitative estimate of drug-likeness (QED) is 0.574. The van der Waals surface area contributed by atoms with E-state index in [9.17, 15) is 14.4 Å². The zero-order valence-electron chi connectivity index (χ0n) is 17.5. The molecule has 9 heteroatoms. The van der Waals surface area contributed by atoms with E-state index in [2.05, 4.69) is 4.98 Å². The Balaban J connectivity index is 1.48. The van der Waals surface area contributed by atoms with Crippen molar-refractivity contribution in [3.8, 4) is 0 Å². The van der Waals surface area contributed by atoms with Gasteiger partial charge in [0.2, 0.25) is 0 Å². The Kier molecular flexibility index (Phi) is 6.00. The molecule has 1 aliphatic heterocycles. The Labute approximate surface area is 184 Å². The highest BCUT2D eigenvalue weighted by molar-refractivity contribution is 5.93. The van der Waals surface area contributed by atoms with Crippen molar-refractivity contribution >= 4 is 17.9 Å². The third-order valence-electron chi connectivity index (χ3n) is 5.27. The summed E-state index contributed by atoms with van der Waals surface area (Å²) in [5, 5.41) is 10.2. The highest BCUT2D eigenvalue weighted by Gasteiger charge is 2.29. The molecule has 32 heavy (non-hydrogen) atoms. The van der Waals surface area contributed by atoms with Gasteiger partial charge in [-0.2, -0.15) is 0 Å². The minimum absolute atomic E-state index is 0.138. The summed E-state index contributed by atoms with van der Waals surface area (Å²) in [5.41, 5.74) is 2.05. The van der Waals surface area contributed by atoms with Gasteiger partial charge in [0.05, 0.1) is 19.2 Å². The van der Waals surface area contributed by atoms with Gasteiger partial charge in [-0.25, -0.2) is 19.6 Å². The van der Waals surface area contributed by atoms with Crippen LogP contribution in [0.2, 0.25) is 0 Å². The fraction of sp³-hybridized carbons (Fsp3) is 0.217. The van der Waals surface area contributed by atoms with Crippen molar-refractivity contribution < 1.29 is 24.3 Å². The van der Waals surface area contributed by atoms with Gasteiger partial charge in [-0.1, -0.05) is 42.5 Å². The fourth-order valence-corrected chi connectivity index (χ4v) is 3.56. The van der Waals surface area contributed by atoms with E-state index in [1.165, 1.54) is 35.1 Å². The molecule has 2 heterocycles. The van der Waals surface area contributed by atoms with Crippen molar-refractivity contribution in [2.24, 2.45) is 0 Å². The largest absolute Gasteiger partial charge is 0.478 e. The van der Waals surface area contributed by atoms with Gasteiger partial charge in [-0.05, 0) is 23.3 Å². The van der Waals surface area contributed by atoms with Crippen molar-refractivity contribution in [2.75, 3.05) is 13.7 Å². The number of fused-ring (bicyclic) bond motifs is 1. The fourth-order valence-electron chi connectivity index (χ4n) is 3.56. The molecule has 2 aromatic carbocycles. The van der Waals surface area contributed by atoms with E-state index in [0.29, 0.717) is 25.3 Å². The summed E-state index contributed by atoms with van der Waals surface area (Å²) in [6.07, 6.45) is 1.94. The number of amides is 2. The van der Waals surface area contributed by atoms with Crippen LogP contribution in [0.1, 0.15) is 37.8 Å². The molecule has 0 aliphatic carbocycles. The summed E-state index contributed by atoms with van der Waals surface area (Å²) in [6, 6.07) is 15.6. The first kappa shape index (κ1) is 21.3. The van der Waals surface area contributed by atoms with E-state index in [0.717, 1.165) is 11.1 Å². The van der Waals surface area contributed by atoms with Crippen LogP contribution >= 0.6 is 0 Å². The molecule has 0 spiro atoms. The number of carbonyl (C=O) groups excluding carboxylic acids is 2. The number of imidazole rings is 1. The van der Waals surface area contributed by atoms with E-state index in [4.69, 9.17) is 9.94 Å². The van der Waals surface area contributed by atoms with Crippen LogP contribution in [0.5, 0.6) is 0 Å². The van der Waals surface area contributed by atoms with Crippen molar-refractivity contribution in [3.63, 3.8) is 0 Å². The summed E-state index contributed by atoms with van der Waals surface area (Å²) < 4.78 is 1.39. The smallest absolute Gasteiger partial charge is 0.335 e. The first-order valence-corrected chi connectivity index (χ1v) is 10.1. The number of carboxylic acid groups (broad SMARTS) is 1. The van der Waals surface area contributed by atoms with E-state index in [1.54, 1.807) is 17.0 Å². The molecular weight excluding hydrogens is 412 g/mol. The number of hydrogen-bond donors (Lipinski definition) is 1. The topological polar surface area (TPSA) is 105 Å². The zero-order valence-corrected chi connectivity index (χ0v) is 17.5. The Hall–Kier alpha value is -3.98. The molecular formula is C23H22N4O5. The molecule has 164 valence electrons. The lowest BCUT2D eigenvalue weighted by atomic mass is 10.1. The van der Waals surface area contributed by atoms with Crippen molar-refractivity contribution in [2.45, 2.75) is 19.5 Å². The van der Waals surface area contributed by atoms with Crippen LogP contribution < -0.4 is 0 Å². The second-order valence-electron chi connectivity index (χ2n) is 7.38. The molecule has 3 aromatic rings. The Morgan fingerprint density at radius 2 is 1.81 bits per heavy atom. The average molecular weight is 434 g/mol. The molecule has 0 saturated heterocycles. The monoisotopic (exact) mass is 434 g/mol. The maximum atomic E-state index is 13.0. The number of nitrogens with zero attached hydrogens (tertiary/aromatic N) is 4. The SMILES string of the molecule is CON(Cc1ccccc1)C(=O)c1cn2c(n1)CCN(Cc1ccc(C(=O)O)cc1)C2=O. The predicted molar refractivity (Wildman–Crippen MR) is 114 cm³/mol. The predicted octanol–water partition coefficient (Wildman–Crippen LogP) is 2.81. The first-order chi connectivity index (χ1) is 15.5. The zero-order chi connectivity index (χ0) is 22.7. The summed E-state index contributed by atoms with van der Waals surface area (Å²) in [4.78, 5) is 48.1. The highest BCUT2D eigenvalue weighted by Crippen LogP contribution is 2.18. The molecule has 0 fully saturated rings. The standard InChI is InChI=1S/C23H22N4O5/c1-32-27(14-16-5-3-2-4-6-16)21(28)19-15-26-20(24-19)11-12-25(23(26)31)13-17-7-9-18(10-8-17)22(29)30/h2-10,15H,11-14H2,1H3,(H,29,30). The lowest BCUT2D eigenvalue weighted by Gasteiger charge is -2.27. The summed E-state index contributed by atoms with van der Waals surface area (Å²) in [6.45, 7) is 1.03. The second kappa shape index (κ2) is 9.03. The third kappa shape index (κ3) is 4.37. The van der Waals surface area contributed by atoms with E-state index in [-0.39, 0.29) is 23.8 Å². The van der Waals surface area contributed by atoms with Crippen LogP contribution in [0.4, 0.5) is 4.79 Å². The molecule has 0 radical (unpaired) electrons. The molecule has 0 bridgehead atoms. The maximum Gasteiger partial charge on any atom is 0.335 e. The summed E-state index contributed by atoms with van der Waals surface area (Å²) in [5.74, 6) is -0.906. The van der Waals surface area contributed by atoms with Gasteiger partial charge in [-0.3, -0.25) is 14.2 Å². The van der Waals surface area contributed by atoms with Crippen LogP contribution in [0.15, 0.2) is 60.8 Å². The normalized spacial score (nSPS) is 13.0. The van der Waals surface area contributed by atoms with Crippen LogP contribution in [-0.4, -0.2) is 56.2 Å². The number of carboxylic acids is 1. The average Bonchev–Trinajstić information content (AvgIpc) is 3.25. The number of aromatic nitrogens is 2. The molecule has 9 nitrogen and oxygen atoms in total. The highest BCUT2D eigenvalue weighted by atomic mass is 16.7. The van der Waals surface area contributed by atoms with E-state index < -0.39 is 11.9 Å². The van der Waals surface area contributed by atoms with Crippen LogP contribution in [0, 0.1) is 0 Å². The number of rotatable bonds is 7. The molecule has 0 atom stereocenters. The van der Waals surface area contributed by atoms with Gasteiger partial charge in [0.25, 0.3) is 5.91 Å². The molecule has 0 saturated carbocycles. The number of carbonyl (C=O) groups is 3. The van der Waals surface area contributed by atoms with E-state index >= 15 is 0 Å². The van der Waals surface area contributed by atoms with Gasteiger partial charge in [0.15, 0.2) is 0 Å². The lowest BCUT2D eigenvalue weighted by molar-refractivity contribution is -0.102. The lowest BCUT2D eigenvalue weighted by Crippen LogP contribution is -2.40. The molecule has 4 rings (SSSR count). The van der Waals surface area contributed by atoms with Gasteiger partial charge in [0.1, 0.15) is 11.5 Å². The number of benzene rings is 2. The molecule has 1 aromatic heterocycles. The molecule has 1 N–H and O–H groups in total. The van der Waals surface area contributed by atoms with Crippen molar-refractivity contribution in [1.29, 1.82) is 0 Å². The molecule has 2 amide bonds.